The Labute approximate surface area is 171 Å². The second-order valence-electron chi connectivity index (χ2n) is 6.83. The average Bonchev–Trinajstić information content (AvgIpc) is 2.63. The smallest absolute Gasteiger partial charge is 0.156 e. The molecule has 3 aromatic carbocycles. The van der Waals surface area contributed by atoms with Gasteiger partial charge in [0.15, 0.2) is 5.75 Å². The van der Waals surface area contributed by atoms with Crippen LogP contribution in [0.3, 0.4) is 0 Å². The topological polar surface area (TPSA) is 21.3 Å². The lowest BCUT2D eigenvalue weighted by atomic mass is 10.1. The molecule has 0 saturated carbocycles. The van der Waals surface area contributed by atoms with Crippen molar-refractivity contribution in [1.82, 2.24) is 0 Å². The Morgan fingerprint density at radius 2 is 1.41 bits per heavy atom. The van der Waals surface area contributed by atoms with E-state index >= 15 is 0 Å². The van der Waals surface area contributed by atoms with E-state index in [9.17, 15) is 0 Å². The van der Waals surface area contributed by atoms with Gasteiger partial charge in [0, 0.05) is 12.2 Å². The van der Waals surface area contributed by atoms with Crippen LogP contribution in [0.1, 0.15) is 27.8 Å². The number of hydrogen-bond acceptors (Lipinski definition) is 2. The highest BCUT2D eigenvalue weighted by Gasteiger charge is 2.11. The summed E-state index contributed by atoms with van der Waals surface area (Å²) >= 11 is 12.9. The molecule has 4 heteroatoms. The molecule has 0 aliphatic carbocycles. The molecular formula is C23H23Cl2NO. The molecule has 1 N–H and O–H groups in total. The van der Waals surface area contributed by atoms with Gasteiger partial charge in [0.2, 0.25) is 0 Å². The van der Waals surface area contributed by atoms with Crippen LogP contribution in [0.4, 0.5) is 5.69 Å². The fourth-order valence-electron chi connectivity index (χ4n) is 2.82. The molecular weight excluding hydrogens is 377 g/mol. The second kappa shape index (κ2) is 8.69. The number of hydrogen-bond donors (Lipinski definition) is 1. The molecule has 0 saturated heterocycles. The van der Waals surface area contributed by atoms with E-state index in [2.05, 4.69) is 56.4 Å². The summed E-state index contributed by atoms with van der Waals surface area (Å²) in [6.45, 7) is 7.30. The highest BCUT2D eigenvalue weighted by molar-refractivity contribution is 6.37. The van der Waals surface area contributed by atoms with Crippen LogP contribution in [-0.4, -0.2) is 0 Å². The fourth-order valence-corrected chi connectivity index (χ4v) is 3.46. The molecule has 140 valence electrons. The van der Waals surface area contributed by atoms with Crippen molar-refractivity contribution in [2.45, 2.75) is 33.9 Å². The van der Waals surface area contributed by atoms with Gasteiger partial charge in [-0.15, -0.1) is 0 Å². The van der Waals surface area contributed by atoms with Crippen molar-refractivity contribution < 1.29 is 4.74 Å². The van der Waals surface area contributed by atoms with Crippen LogP contribution in [0.15, 0.2) is 54.6 Å². The van der Waals surface area contributed by atoms with E-state index in [1.54, 1.807) is 0 Å². The van der Waals surface area contributed by atoms with Gasteiger partial charge in [0.25, 0.3) is 0 Å². The van der Waals surface area contributed by atoms with Gasteiger partial charge in [-0.2, -0.15) is 0 Å². The van der Waals surface area contributed by atoms with Crippen LogP contribution < -0.4 is 10.1 Å². The van der Waals surface area contributed by atoms with Crippen molar-refractivity contribution in [2.75, 3.05) is 5.32 Å². The van der Waals surface area contributed by atoms with Gasteiger partial charge < -0.3 is 10.1 Å². The van der Waals surface area contributed by atoms with E-state index < -0.39 is 0 Å². The molecule has 0 heterocycles. The molecule has 0 fully saturated rings. The van der Waals surface area contributed by atoms with Crippen LogP contribution in [0.5, 0.6) is 5.75 Å². The van der Waals surface area contributed by atoms with Gasteiger partial charge in [0.05, 0.1) is 10.0 Å². The quantitative estimate of drug-likeness (QED) is 0.476. The zero-order valence-corrected chi connectivity index (χ0v) is 17.3. The molecule has 27 heavy (non-hydrogen) atoms. The van der Waals surface area contributed by atoms with E-state index in [4.69, 9.17) is 27.9 Å². The van der Waals surface area contributed by atoms with Gasteiger partial charge >= 0.3 is 0 Å². The van der Waals surface area contributed by atoms with Crippen LogP contribution in [0, 0.1) is 20.8 Å². The monoisotopic (exact) mass is 399 g/mol. The van der Waals surface area contributed by atoms with Gasteiger partial charge in [-0.25, -0.2) is 0 Å². The van der Waals surface area contributed by atoms with E-state index in [1.807, 2.05) is 24.3 Å². The molecule has 0 spiro atoms. The third-order valence-corrected chi connectivity index (χ3v) is 5.00. The minimum Gasteiger partial charge on any atom is -0.486 e. The highest BCUT2D eigenvalue weighted by Crippen LogP contribution is 2.35. The van der Waals surface area contributed by atoms with Crippen LogP contribution in [-0.2, 0) is 13.2 Å². The maximum atomic E-state index is 6.43. The van der Waals surface area contributed by atoms with E-state index in [0.29, 0.717) is 28.9 Å². The Kier molecular flexibility index (Phi) is 6.30. The summed E-state index contributed by atoms with van der Waals surface area (Å²) in [5.74, 6) is 0.523. The van der Waals surface area contributed by atoms with Crippen molar-refractivity contribution in [3.05, 3.63) is 92.5 Å². The Morgan fingerprint density at radius 1 is 0.778 bits per heavy atom. The third kappa shape index (κ3) is 5.18. The predicted octanol–water partition coefficient (Wildman–Crippen LogP) is 7.11. The Bertz CT molecular complexity index is 913. The first kappa shape index (κ1) is 19.6. The van der Waals surface area contributed by atoms with Gasteiger partial charge in [0.1, 0.15) is 6.61 Å². The summed E-state index contributed by atoms with van der Waals surface area (Å²) in [6.07, 6.45) is 0. The predicted molar refractivity (Wildman–Crippen MR) is 115 cm³/mol. The number of anilines is 1. The Balaban J connectivity index is 1.68. The zero-order chi connectivity index (χ0) is 19.4. The fraction of sp³-hybridized carbons (Fsp3) is 0.217. The van der Waals surface area contributed by atoms with Crippen LogP contribution in [0.25, 0.3) is 0 Å². The molecule has 3 rings (SSSR count). The van der Waals surface area contributed by atoms with Crippen LogP contribution >= 0.6 is 23.2 Å². The number of ether oxygens (including phenoxy) is 1. The highest BCUT2D eigenvalue weighted by atomic mass is 35.5. The number of nitrogens with one attached hydrogen (secondary N) is 1. The first-order valence-electron chi connectivity index (χ1n) is 8.90. The summed E-state index contributed by atoms with van der Waals surface area (Å²) in [5, 5.41) is 4.49. The molecule has 0 bridgehead atoms. The summed E-state index contributed by atoms with van der Waals surface area (Å²) < 4.78 is 5.86. The van der Waals surface area contributed by atoms with E-state index in [-0.39, 0.29) is 0 Å². The summed E-state index contributed by atoms with van der Waals surface area (Å²) in [5.41, 5.74) is 6.84. The molecule has 0 aliphatic rings. The molecule has 0 aliphatic heterocycles. The first-order chi connectivity index (χ1) is 12.9. The molecule has 0 aromatic heterocycles. The lowest BCUT2D eigenvalue weighted by Gasteiger charge is -2.14. The minimum absolute atomic E-state index is 0.430. The minimum atomic E-state index is 0.430. The lowest BCUT2D eigenvalue weighted by molar-refractivity contribution is 0.306. The number of benzene rings is 3. The van der Waals surface area contributed by atoms with Crippen LogP contribution in [0.2, 0.25) is 10.0 Å². The van der Waals surface area contributed by atoms with Crippen molar-refractivity contribution >= 4 is 28.9 Å². The summed E-state index contributed by atoms with van der Waals surface area (Å²) in [4.78, 5) is 0. The maximum absolute atomic E-state index is 6.43. The maximum Gasteiger partial charge on any atom is 0.156 e. The number of aryl methyl sites for hydroxylation is 3. The summed E-state index contributed by atoms with van der Waals surface area (Å²) in [6, 6.07) is 18.4. The molecule has 0 radical (unpaired) electrons. The second-order valence-corrected chi connectivity index (χ2v) is 7.65. The third-order valence-electron chi connectivity index (χ3n) is 4.44. The molecule has 0 atom stereocenters. The van der Waals surface area contributed by atoms with Crippen molar-refractivity contribution in [3.8, 4) is 5.75 Å². The molecule has 2 nitrogen and oxygen atoms in total. The Morgan fingerprint density at radius 3 is 2.07 bits per heavy atom. The largest absolute Gasteiger partial charge is 0.486 e. The van der Waals surface area contributed by atoms with Crippen molar-refractivity contribution in [2.24, 2.45) is 0 Å². The number of rotatable bonds is 6. The molecule has 3 aromatic rings. The van der Waals surface area contributed by atoms with E-state index in [1.165, 1.54) is 16.7 Å². The van der Waals surface area contributed by atoms with Gasteiger partial charge in [-0.3, -0.25) is 0 Å². The normalized spacial score (nSPS) is 10.7. The first-order valence-corrected chi connectivity index (χ1v) is 9.65. The van der Waals surface area contributed by atoms with Crippen molar-refractivity contribution in [3.63, 3.8) is 0 Å². The standard InChI is InChI=1S/C23H23Cl2NO/c1-15-5-8-18(9-6-15)14-27-23-20(24)11-19(12-21(23)25)13-26-22-10-16(2)4-7-17(22)3/h4-12,26H,13-14H2,1-3H3. The number of halogens is 2. The van der Waals surface area contributed by atoms with E-state index in [0.717, 1.165) is 16.8 Å². The van der Waals surface area contributed by atoms with Gasteiger partial charge in [-0.1, -0.05) is 65.2 Å². The van der Waals surface area contributed by atoms with Crippen molar-refractivity contribution in [1.29, 1.82) is 0 Å². The zero-order valence-electron chi connectivity index (χ0n) is 15.8. The Hall–Kier alpha value is -2.16. The SMILES string of the molecule is Cc1ccc(COc2c(Cl)cc(CNc3cc(C)ccc3C)cc2Cl)cc1. The van der Waals surface area contributed by atoms with Gasteiger partial charge in [-0.05, 0) is 61.2 Å². The average molecular weight is 400 g/mol. The summed E-state index contributed by atoms with van der Waals surface area (Å²) in [7, 11) is 0. The lowest BCUT2D eigenvalue weighted by Crippen LogP contribution is -2.03. The molecule has 0 amide bonds. The molecule has 0 unspecified atom stereocenters.